The Morgan fingerprint density at radius 1 is 1.37 bits per heavy atom. The van der Waals surface area contributed by atoms with Crippen molar-refractivity contribution < 1.29 is 22.3 Å². The third-order valence-corrected chi connectivity index (χ3v) is 4.54. The molecule has 0 bridgehead atoms. The molecule has 1 nitrogen and oxygen atoms in total. The van der Waals surface area contributed by atoms with E-state index in [1.807, 2.05) is 0 Å². The van der Waals surface area contributed by atoms with Crippen molar-refractivity contribution in [1.29, 1.82) is 0 Å². The summed E-state index contributed by atoms with van der Waals surface area (Å²) in [6.45, 7) is 2.01. The van der Waals surface area contributed by atoms with Crippen molar-refractivity contribution in [3.8, 4) is 0 Å². The number of halogens is 4. The predicted molar refractivity (Wildman–Crippen MR) is 66.6 cm³/mol. The molecule has 0 aromatic heterocycles. The first-order valence-electron chi connectivity index (χ1n) is 5.98. The molecule has 1 atom stereocenters. The Bertz CT molecular complexity index is 460. The molecule has 0 saturated carbocycles. The maximum atomic E-state index is 14.2. The number of hydrogen-bond donors (Lipinski definition) is 0. The largest absolute Gasteiger partial charge is 0.382 e. The second kappa shape index (κ2) is 5.32. The molecule has 0 spiro atoms. The van der Waals surface area contributed by atoms with Gasteiger partial charge < -0.3 is 4.74 Å². The fourth-order valence-electron chi connectivity index (χ4n) is 2.00. The van der Waals surface area contributed by atoms with Gasteiger partial charge in [-0.2, -0.15) is 0 Å². The SMILES string of the molecule is CCOCCC(F)(F)C1(c2ccc(F)cc2F)CS1. The van der Waals surface area contributed by atoms with E-state index in [1.165, 1.54) is 0 Å². The van der Waals surface area contributed by atoms with E-state index in [0.29, 0.717) is 12.7 Å². The summed E-state index contributed by atoms with van der Waals surface area (Å²) in [6.07, 6.45) is -0.468. The molecular formula is C13H14F4OS. The summed E-state index contributed by atoms with van der Waals surface area (Å²) in [5, 5.41) is 0. The molecule has 1 aromatic rings. The van der Waals surface area contributed by atoms with Crippen molar-refractivity contribution in [2.24, 2.45) is 0 Å². The summed E-state index contributed by atoms with van der Waals surface area (Å²) in [6, 6.07) is 2.77. The van der Waals surface area contributed by atoms with Crippen molar-refractivity contribution in [3.63, 3.8) is 0 Å². The molecule has 0 radical (unpaired) electrons. The Morgan fingerprint density at radius 2 is 2.05 bits per heavy atom. The lowest BCUT2D eigenvalue weighted by Gasteiger charge is -2.26. The molecular weight excluding hydrogens is 280 g/mol. The zero-order valence-corrected chi connectivity index (χ0v) is 11.2. The standard InChI is InChI=1S/C13H14F4OS/c1-2-18-6-5-13(16,17)12(8-19-12)10-4-3-9(14)7-11(10)15/h3-4,7H,2,5-6,8H2,1H3. The smallest absolute Gasteiger partial charge is 0.269 e. The van der Waals surface area contributed by atoms with Crippen molar-refractivity contribution in [3.05, 3.63) is 35.4 Å². The second-order valence-corrected chi connectivity index (χ2v) is 5.67. The number of rotatable bonds is 6. The van der Waals surface area contributed by atoms with Crippen molar-refractivity contribution in [2.45, 2.75) is 24.0 Å². The van der Waals surface area contributed by atoms with Gasteiger partial charge in [-0.25, -0.2) is 17.6 Å². The van der Waals surface area contributed by atoms with Gasteiger partial charge in [-0.15, -0.1) is 11.8 Å². The lowest BCUT2D eigenvalue weighted by Crippen LogP contribution is -2.35. The van der Waals surface area contributed by atoms with E-state index in [0.717, 1.165) is 23.9 Å². The van der Waals surface area contributed by atoms with Crippen LogP contribution in [-0.4, -0.2) is 24.9 Å². The predicted octanol–water partition coefficient (Wildman–Crippen LogP) is 3.97. The van der Waals surface area contributed by atoms with Crippen LogP contribution in [0.15, 0.2) is 18.2 Å². The van der Waals surface area contributed by atoms with E-state index in [9.17, 15) is 17.6 Å². The van der Waals surface area contributed by atoms with Crippen molar-refractivity contribution in [1.82, 2.24) is 0 Å². The number of thioether (sulfide) groups is 1. The molecule has 1 unspecified atom stereocenters. The summed E-state index contributed by atoms with van der Waals surface area (Å²) in [5.41, 5.74) is -0.125. The highest BCUT2D eigenvalue weighted by molar-refractivity contribution is 8.07. The molecule has 1 fully saturated rings. The monoisotopic (exact) mass is 294 g/mol. The quantitative estimate of drug-likeness (QED) is 0.446. The maximum absolute atomic E-state index is 14.2. The van der Waals surface area contributed by atoms with Crippen molar-refractivity contribution in [2.75, 3.05) is 19.0 Å². The third-order valence-electron chi connectivity index (χ3n) is 3.15. The minimum absolute atomic E-state index is 0.0748. The fraction of sp³-hybridized carbons (Fsp3) is 0.538. The van der Waals surface area contributed by atoms with Crippen LogP contribution in [0, 0.1) is 11.6 Å². The second-order valence-electron chi connectivity index (χ2n) is 4.39. The first-order chi connectivity index (χ1) is 8.93. The van der Waals surface area contributed by atoms with Gasteiger partial charge in [-0.1, -0.05) is 6.07 Å². The average molecular weight is 294 g/mol. The van der Waals surface area contributed by atoms with Gasteiger partial charge in [0.05, 0.1) is 6.61 Å². The van der Waals surface area contributed by atoms with Crippen LogP contribution < -0.4 is 0 Å². The molecule has 19 heavy (non-hydrogen) atoms. The van der Waals surface area contributed by atoms with Gasteiger partial charge in [-0.3, -0.25) is 0 Å². The molecule has 1 saturated heterocycles. The summed E-state index contributed by atoms with van der Waals surface area (Å²) in [5.74, 6) is -4.62. The minimum atomic E-state index is -3.08. The Labute approximate surface area is 113 Å². The highest BCUT2D eigenvalue weighted by Gasteiger charge is 2.64. The summed E-state index contributed by atoms with van der Waals surface area (Å²) < 4.78 is 58.3. The molecule has 1 aliphatic rings. The van der Waals surface area contributed by atoms with E-state index in [4.69, 9.17) is 4.74 Å². The van der Waals surface area contributed by atoms with E-state index in [-0.39, 0.29) is 17.9 Å². The molecule has 0 aliphatic carbocycles. The maximum Gasteiger partial charge on any atom is 0.269 e. The van der Waals surface area contributed by atoms with Crippen LogP contribution in [0.3, 0.4) is 0 Å². The Morgan fingerprint density at radius 3 is 2.58 bits per heavy atom. The van der Waals surface area contributed by atoms with Gasteiger partial charge in [0.15, 0.2) is 0 Å². The van der Waals surface area contributed by atoms with Crippen LogP contribution in [-0.2, 0) is 9.48 Å². The Kier molecular flexibility index (Phi) is 4.11. The van der Waals surface area contributed by atoms with E-state index < -0.39 is 28.7 Å². The molecule has 2 rings (SSSR count). The summed E-state index contributed by atoms with van der Waals surface area (Å²) >= 11 is 0.986. The molecule has 1 aromatic carbocycles. The highest BCUT2D eigenvalue weighted by Crippen LogP contribution is 2.63. The normalized spacial score (nSPS) is 22.6. The first kappa shape index (κ1) is 14.7. The van der Waals surface area contributed by atoms with Gasteiger partial charge in [0.1, 0.15) is 16.4 Å². The van der Waals surface area contributed by atoms with E-state index in [2.05, 4.69) is 0 Å². The van der Waals surface area contributed by atoms with Crippen LogP contribution in [0.1, 0.15) is 18.9 Å². The van der Waals surface area contributed by atoms with Gasteiger partial charge in [-0.05, 0) is 13.0 Å². The summed E-state index contributed by atoms with van der Waals surface area (Å²) in [7, 11) is 0. The van der Waals surface area contributed by atoms with Crippen LogP contribution >= 0.6 is 11.8 Å². The lowest BCUT2D eigenvalue weighted by molar-refractivity contribution is -0.0536. The van der Waals surface area contributed by atoms with Crippen LogP contribution in [0.4, 0.5) is 17.6 Å². The number of ether oxygens (including phenoxy) is 1. The van der Waals surface area contributed by atoms with Gasteiger partial charge >= 0.3 is 0 Å². The number of hydrogen-bond acceptors (Lipinski definition) is 2. The Hall–Kier alpha value is -0.750. The zero-order chi connectivity index (χ0) is 14.1. The number of alkyl halides is 2. The first-order valence-corrected chi connectivity index (χ1v) is 6.96. The molecule has 106 valence electrons. The van der Waals surface area contributed by atoms with Crippen LogP contribution in [0.25, 0.3) is 0 Å². The molecule has 1 heterocycles. The molecule has 1 aliphatic heterocycles. The van der Waals surface area contributed by atoms with Crippen molar-refractivity contribution >= 4 is 11.8 Å². The van der Waals surface area contributed by atoms with E-state index >= 15 is 0 Å². The van der Waals surface area contributed by atoms with Gasteiger partial charge in [0, 0.05) is 30.4 Å². The molecule has 0 amide bonds. The fourth-order valence-corrected chi connectivity index (χ4v) is 3.14. The van der Waals surface area contributed by atoms with Gasteiger partial charge in [0.25, 0.3) is 5.92 Å². The zero-order valence-electron chi connectivity index (χ0n) is 10.4. The van der Waals surface area contributed by atoms with Crippen LogP contribution in [0.2, 0.25) is 0 Å². The minimum Gasteiger partial charge on any atom is -0.382 e. The highest BCUT2D eigenvalue weighted by atomic mass is 32.2. The van der Waals surface area contributed by atoms with Crippen LogP contribution in [0.5, 0.6) is 0 Å². The Balaban J connectivity index is 2.22. The molecule has 6 heteroatoms. The van der Waals surface area contributed by atoms with Gasteiger partial charge in [0.2, 0.25) is 0 Å². The summed E-state index contributed by atoms with van der Waals surface area (Å²) in [4.78, 5) is 0. The lowest BCUT2D eigenvalue weighted by atomic mass is 9.92. The topological polar surface area (TPSA) is 9.23 Å². The third kappa shape index (κ3) is 2.74. The van der Waals surface area contributed by atoms with E-state index in [1.54, 1.807) is 6.92 Å². The average Bonchev–Trinajstić information content (AvgIpc) is 3.11. The molecule has 0 N–H and O–H groups in total. The number of benzene rings is 1.